The minimum Gasteiger partial charge on any atom is -0.367 e. The SMILES string of the molecule is CCN(CC)OC(=O)CCl. The highest BCUT2D eigenvalue weighted by Gasteiger charge is 2.04. The van der Waals surface area contributed by atoms with Gasteiger partial charge in [0.2, 0.25) is 0 Å². The molecule has 0 amide bonds. The Balaban J connectivity index is 3.52. The van der Waals surface area contributed by atoms with Crippen molar-refractivity contribution in [2.45, 2.75) is 13.8 Å². The van der Waals surface area contributed by atoms with Gasteiger partial charge in [-0.25, -0.2) is 4.79 Å². The van der Waals surface area contributed by atoms with Crippen LogP contribution in [0, 0.1) is 0 Å². The maximum absolute atomic E-state index is 10.5. The van der Waals surface area contributed by atoms with Gasteiger partial charge in [-0.2, -0.15) is 0 Å². The summed E-state index contributed by atoms with van der Waals surface area (Å²) in [5.41, 5.74) is 0. The molecule has 0 aromatic rings. The van der Waals surface area contributed by atoms with Gasteiger partial charge in [-0.1, -0.05) is 0 Å². The fourth-order valence-electron chi connectivity index (χ4n) is 0.521. The van der Waals surface area contributed by atoms with E-state index in [2.05, 4.69) is 0 Å². The van der Waals surface area contributed by atoms with Crippen LogP contribution in [0.4, 0.5) is 0 Å². The number of hydrogen-bond acceptors (Lipinski definition) is 3. The number of carbonyl (C=O) groups excluding carboxylic acids is 1. The molecule has 0 aliphatic heterocycles. The summed E-state index contributed by atoms with van der Waals surface area (Å²) >= 11 is 5.21. The molecule has 0 spiro atoms. The lowest BCUT2D eigenvalue weighted by molar-refractivity contribution is -0.185. The van der Waals surface area contributed by atoms with Crippen molar-refractivity contribution >= 4 is 17.6 Å². The van der Waals surface area contributed by atoms with Gasteiger partial charge >= 0.3 is 5.97 Å². The van der Waals surface area contributed by atoms with Crippen LogP contribution in [-0.2, 0) is 9.63 Å². The number of nitrogens with zero attached hydrogens (tertiary/aromatic N) is 1. The summed E-state index contributed by atoms with van der Waals surface area (Å²) in [5.74, 6) is -0.485. The lowest BCUT2D eigenvalue weighted by atomic mass is 10.6. The van der Waals surface area contributed by atoms with Gasteiger partial charge in [0.1, 0.15) is 5.88 Å². The van der Waals surface area contributed by atoms with E-state index in [0.717, 1.165) is 0 Å². The van der Waals surface area contributed by atoms with E-state index >= 15 is 0 Å². The number of hydroxylamine groups is 2. The van der Waals surface area contributed by atoms with Crippen LogP contribution in [0.25, 0.3) is 0 Å². The zero-order chi connectivity index (χ0) is 7.98. The summed E-state index contributed by atoms with van der Waals surface area (Å²) in [6.07, 6.45) is 0. The molecule has 0 aromatic heterocycles. The topological polar surface area (TPSA) is 29.5 Å². The molecule has 4 heteroatoms. The van der Waals surface area contributed by atoms with Crippen molar-refractivity contribution in [2.24, 2.45) is 0 Å². The average Bonchev–Trinajstić information content (AvgIpc) is 1.99. The number of carbonyl (C=O) groups is 1. The molecule has 0 atom stereocenters. The van der Waals surface area contributed by atoms with Gasteiger partial charge in [0, 0.05) is 13.1 Å². The first-order chi connectivity index (χ1) is 4.74. The molecule has 0 bridgehead atoms. The van der Waals surface area contributed by atoms with Crippen LogP contribution < -0.4 is 0 Å². The summed E-state index contributed by atoms with van der Waals surface area (Å²) in [6.45, 7) is 5.20. The maximum atomic E-state index is 10.5. The van der Waals surface area contributed by atoms with Crippen LogP contribution in [0.15, 0.2) is 0 Å². The van der Waals surface area contributed by atoms with Gasteiger partial charge < -0.3 is 4.84 Å². The largest absolute Gasteiger partial charge is 0.367 e. The number of rotatable bonds is 4. The summed E-state index contributed by atoms with van der Waals surface area (Å²) < 4.78 is 0. The van der Waals surface area contributed by atoms with Crippen molar-refractivity contribution in [2.75, 3.05) is 19.0 Å². The van der Waals surface area contributed by atoms with Crippen molar-refractivity contribution in [3.8, 4) is 0 Å². The van der Waals surface area contributed by atoms with Crippen LogP contribution in [0.3, 0.4) is 0 Å². The highest BCUT2D eigenvalue weighted by molar-refractivity contribution is 6.26. The molecule has 0 aliphatic rings. The molecule has 0 rings (SSSR count). The fraction of sp³-hybridized carbons (Fsp3) is 0.833. The third-order valence-corrected chi connectivity index (χ3v) is 1.26. The van der Waals surface area contributed by atoms with Gasteiger partial charge in [-0.15, -0.1) is 16.7 Å². The number of hydrogen-bond donors (Lipinski definition) is 0. The molecule has 0 unspecified atom stereocenters. The van der Waals surface area contributed by atoms with Gasteiger partial charge in [0.15, 0.2) is 0 Å². The molecule has 0 aromatic carbocycles. The first-order valence-electron chi connectivity index (χ1n) is 3.26. The van der Waals surface area contributed by atoms with Crippen LogP contribution in [0.2, 0.25) is 0 Å². The van der Waals surface area contributed by atoms with Crippen molar-refractivity contribution in [3.63, 3.8) is 0 Å². The van der Waals surface area contributed by atoms with E-state index in [9.17, 15) is 4.79 Å². The number of halogens is 1. The van der Waals surface area contributed by atoms with E-state index in [-0.39, 0.29) is 5.88 Å². The molecule has 0 N–H and O–H groups in total. The normalized spacial score (nSPS) is 10.0. The molecule has 60 valence electrons. The minimum absolute atomic E-state index is 0.0868. The van der Waals surface area contributed by atoms with Crippen molar-refractivity contribution in [3.05, 3.63) is 0 Å². The van der Waals surface area contributed by atoms with Crippen molar-refractivity contribution < 1.29 is 9.63 Å². The zero-order valence-corrected chi connectivity index (χ0v) is 7.02. The molecule has 0 saturated carbocycles. The van der Waals surface area contributed by atoms with E-state index < -0.39 is 5.97 Å². The Kier molecular flexibility index (Phi) is 5.35. The Hall–Kier alpha value is -0.280. The van der Waals surface area contributed by atoms with Gasteiger partial charge in [0.05, 0.1) is 0 Å². The first-order valence-corrected chi connectivity index (χ1v) is 3.79. The molecular formula is C6H12ClNO2. The zero-order valence-electron chi connectivity index (χ0n) is 6.26. The second-order valence-electron chi connectivity index (χ2n) is 1.71. The van der Waals surface area contributed by atoms with Crippen LogP contribution in [0.5, 0.6) is 0 Å². The molecule has 0 aliphatic carbocycles. The van der Waals surface area contributed by atoms with E-state index in [1.165, 1.54) is 0 Å². The summed E-state index contributed by atoms with van der Waals surface area (Å²) in [5, 5.41) is 1.55. The lowest BCUT2D eigenvalue weighted by Gasteiger charge is -2.15. The molecule has 0 fully saturated rings. The van der Waals surface area contributed by atoms with E-state index in [0.29, 0.717) is 13.1 Å². The van der Waals surface area contributed by atoms with Crippen molar-refractivity contribution in [1.29, 1.82) is 0 Å². The molecule has 0 radical (unpaired) electrons. The third kappa shape index (κ3) is 3.69. The molecule has 0 saturated heterocycles. The van der Waals surface area contributed by atoms with Gasteiger partial charge in [-0.3, -0.25) is 0 Å². The van der Waals surface area contributed by atoms with E-state index in [1.807, 2.05) is 13.8 Å². The van der Waals surface area contributed by atoms with E-state index in [4.69, 9.17) is 16.4 Å². The molecule has 3 nitrogen and oxygen atoms in total. The fourth-order valence-corrected chi connectivity index (χ4v) is 0.570. The number of alkyl halides is 1. The first kappa shape index (κ1) is 9.72. The Bertz CT molecular complexity index is 104. The van der Waals surface area contributed by atoms with E-state index in [1.54, 1.807) is 5.06 Å². The quantitative estimate of drug-likeness (QED) is 0.460. The Morgan fingerprint density at radius 3 is 2.30 bits per heavy atom. The summed E-state index contributed by atoms with van der Waals surface area (Å²) in [6, 6.07) is 0. The molecule has 0 heterocycles. The Morgan fingerprint density at radius 1 is 1.50 bits per heavy atom. The summed E-state index contributed by atoms with van der Waals surface area (Å²) in [7, 11) is 0. The predicted molar refractivity (Wildman–Crippen MR) is 39.7 cm³/mol. The second-order valence-corrected chi connectivity index (χ2v) is 1.98. The molecule has 10 heavy (non-hydrogen) atoms. The predicted octanol–water partition coefficient (Wildman–Crippen LogP) is 1.03. The van der Waals surface area contributed by atoms with Gasteiger partial charge in [-0.05, 0) is 13.8 Å². The lowest BCUT2D eigenvalue weighted by Crippen LogP contribution is -2.27. The van der Waals surface area contributed by atoms with Crippen LogP contribution in [0.1, 0.15) is 13.8 Å². The van der Waals surface area contributed by atoms with Gasteiger partial charge in [0.25, 0.3) is 0 Å². The smallest absolute Gasteiger partial charge is 0.339 e. The van der Waals surface area contributed by atoms with Crippen LogP contribution >= 0.6 is 11.6 Å². The molecular weight excluding hydrogens is 154 g/mol. The average molecular weight is 166 g/mol. The van der Waals surface area contributed by atoms with Crippen LogP contribution in [-0.4, -0.2) is 30.0 Å². The standard InChI is InChI=1S/C6H12ClNO2/c1-3-8(4-2)10-6(9)5-7/h3-5H2,1-2H3. The monoisotopic (exact) mass is 165 g/mol. The minimum atomic E-state index is -0.398. The Morgan fingerprint density at radius 2 is 2.00 bits per heavy atom. The Labute approximate surface area is 65.9 Å². The highest BCUT2D eigenvalue weighted by atomic mass is 35.5. The van der Waals surface area contributed by atoms with Crippen molar-refractivity contribution in [1.82, 2.24) is 5.06 Å². The highest BCUT2D eigenvalue weighted by Crippen LogP contribution is 1.90. The second kappa shape index (κ2) is 5.50. The maximum Gasteiger partial charge on any atom is 0.339 e. The third-order valence-electron chi connectivity index (χ3n) is 1.05. The summed E-state index contributed by atoms with van der Waals surface area (Å²) in [4.78, 5) is 15.3.